The van der Waals surface area contributed by atoms with Gasteiger partial charge < -0.3 is 15.2 Å². The third-order valence-corrected chi connectivity index (χ3v) is 3.75. The number of phenolic OH excluding ortho intramolecular Hbond substituents is 1. The van der Waals surface area contributed by atoms with E-state index in [1.807, 2.05) is 6.07 Å². The summed E-state index contributed by atoms with van der Waals surface area (Å²) in [6.45, 7) is 3.04. The summed E-state index contributed by atoms with van der Waals surface area (Å²) in [5, 5.41) is 13.0. The van der Waals surface area contributed by atoms with E-state index in [9.17, 15) is 5.11 Å². The molecule has 1 saturated carbocycles. The Kier molecular flexibility index (Phi) is 3.40. The molecule has 88 valence electrons. The number of ether oxygens (including phenoxy) is 1. The summed E-state index contributed by atoms with van der Waals surface area (Å²) in [6.07, 6.45) is 1.26. The summed E-state index contributed by atoms with van der Waals surface area (Å²) in [5.41, 5.74) is 1.11. The second-order valence-electron chi connectivity index (χ2n) is 4.32. The lowest BCUT2D eigenvalue weighted by molar-refractivity contribution is 0.372. The lowest BCUT2D eigenvalue weighted by Gasteiger charge is -2.10. The maximum Gasteiger partial charge on any atom is 0.160 e. The Balaban J connectivity index is 2.07. The Labute approximate surface area is 104 Å². The van der Waals surface area contributed by atoms with E-state index >= 15 is 0 Å². The van der Waals surface area contributed by atoms with E-state index in [1.54, 1.807) is 13.2 Å². The van der Waals surface area contributed by atoms with Crippen molar-refractivity contribution >= 4 is 15.9 Å². The summed E-state index contributed by atoms with van der Waals surface area (Å²) >= 11 is 3.44. The number of hydrogen-bond acceptors (Lipinski definition) is 3. The molecule has 1 aromatic carbocycles. The minimum absolute atomic E-state index is 0.165. The molecular weight excluding hydrogens is 270 g/mol. The van der Waals surface area contributed by atoms with Crippen LogP contribution >= 0.6 is 15.9 Å². The molecule has 0 aliphatic heterocycles. The molecule has 0 radical (unpaired) electrons. The third kappa shape index (κ3) is 2.50. The molecule has 4 heteroatoms. The molecule has 2 atom stereocenters. The first kappa shape index (κ1) is 11.7. The topological polar surface area (TPSA) is 41.5 Å². The molecule has 0 saturated heterocycles. The van der Waals surface area contributed by atoms with E-state index in [0.29, 0.717) is 11.8 Å². The van der Waals surface area contributed by atoms with Crippen LogP contribution in [-0.4, -0.2) is 18.3 Å². The minimum atomic E-state index is 0.165. The zero-order chi connectivity index (χ0) is 11.7. The van der Waals surface area contributed by atoms with Crippen molar-refractivity contribution in [2.45, 2.75) is 25.9 Å². The van der Waals surface area contributed by atoms with Crippen molar-refractivity contribution in [3.63, 3.8) is 0 Å². The van der Waals surface area contributed by atoms with Crippen molar-refractivity contribution in [3.8, 4) is 11.5 Å². The average molecular weight is 286 g/mol. The fourth-order valence-electron chi connectivity index (χ4n) is 1.73. The van der Waals surface area contributed by atoms with Crippen LogP contribution in [0.3, 0.4) is 0 Å². The molecule has 0 heterocycles. The van der Waals surface area contributed by atoms with Crippen LogP contribution in [0.25, 0.3) is 0 Å². The number of benzene rings is 1. The molecule has 1 aliphatic carbocycles. The van der Waals surface area contributed by atoms with Crippen LogP contribution in [0.15, 0.2) is 16.6 Å². The van der Waals surface area contributed by atoms with Gasteiger partial charge in [-0.25, -0.2) is 0 Å². The van der Waals surface area contributed by atoms with Gasteiger partial charge >= 0.3 is 0 Å². The Morgan fingerprint density at radius 1 is 1.56 bits per heavy atom. The van der Waals surface area contributed by atoms with E-state index in [-0.39, 0.29) is 5.75 Å². The number of methoxy groups -OCH3 is 1. The first-order valence-electron chi connectivity index (χ1n) is 5.40. The van der Waals surface area contributed by atoms with E-state index in [0.717, 1.165) is 22.5 Å². The van der Waals surface area contributed by atoms with Gasteiger partial charge in [-0.1, -0.05) is 22.9 Å². The number of nitrogens with one attached hydrogen (secondary N) is 1. The smallest absolute Gasteiger partial charge is 0.160 e. The highest BCUT2D eigenvalue weighted by Crippen LogP contribution is 2.34. The molecule has 16 heavy (non-hydrogen) atoms. The van der Waals surface area contributed by atoms with Crippen molar-refractivity contribution < 1.29 is 9.84 Å². The van der Waals surface area contributed by atoms with Crippen LogP contribution in [0.5, 0.6) is 11.5 Å². The predicted octanol–water partition coefficient (Wildman–Crippen LogP) is 2.66. The fourth-order valence-corrected chi connectivity index (χ4v) is 2.20. The second-order valence-corrected chi connectivity index (χ2v) is 5.17. The van der Waals surface area contributed by atoms with E-state index < -0.39 is 0 Å². The van der Waals surface area contributed by atoms with Crippen LogP contribution in [-0.2, 0) is 6.54 Å². The highest BCUT2D eigenvalue weighted by molar-refractivity contribution is 9.10. The molecule has 1 aromatic rings. The molecule has 2 N–H and O–H groups in total. The summed E-state index contributed by atoms with van der Waals surface area (Å²) in [5.74, 6) is 1.47. The molecule has 0 bridgehead atoms. The van der Waals surface area contributed by atoms with Crippen LogP contribution in [0.2, 0.25) is 0 Å². The number of aromatic hydroxyl groups is 1. The molecule has 1 fully saturated rings. The van der Waals surface area contributed by atoms with Gasteiger partial charge in [0.25, 0.3) is 0 Å². The van der Waals surface area contributed by atoms with Gasteiger partial charge in [-0.05, 0) is 30.0 Å². The van der Waals surface area contributed by atoms with Gasteiger partial charge in [0.05, 0.1) is 7.11 Å². The van der Waals surface area contributed by atoms with Crippen LogP contribution in [0.4, 0.5) is 0 Å². The summed E-state index contributed by atoms with van der Waals surface area (Å²) in [7, 11) is 1.56. The van der Waals surface area contributed by atoms with Crippen molar-refractivity contribution in [3.05, 3.63) is 22.2 Å². The van der Waals surface area contributed by atoms with Crippen LogP contribution in [0, 0.1) is 5.92 Å². The Bertz CT molecular complexity index is 395. The average Bonchev–Trinajstić information content (AvgIpc) is 2.93. The Hall–Kier alpha value is -0.740. The number of phenols is 1. The SMILES string of the molecule is COc1cc(CNC2CC2C)c(Br)cc1O. The van der Waals surface area contributed by atoms with E-state index in [2.05, 4.69) is 28.2 Å². The van der Waals surface area contributed by atoms with E-state index in [4.69, 9.17) is 4.74 Å². The number of halogens is 1. The molecule has 0 spiro atoms. The van der Waals surface area contributed by atoms with Gasteiger partial charge in [0.1, 0.15) is 0 Å². The lowest BCUT2D eigenvalue weighted by atomic mass is 10.2. The van der Waals surface area contributed by atoms with Gasteiger partial charge in [-0.15, -0.1) is 0 Å². The van der Waals surface area contributed by atoms with Crippen molar-refractivity contribution in [1.29, 1.82) is 0 Å². The lowest BCUT2D eigenvalue weighted by Crippen LogP contribution is -2.17. The standard InChI is InChI=1S/C12H16BrNO2/c1-7-3-10(7)14-6-8-4-12(16-2)11(15)5-9(8)13/h4-5,7,10,14-15H,3,6H2,1-2H3. The molecule has 3 nitrogen and oxygen atoms in total. The number of hydrogen-bond donors (Lipinski definition) is 2. The van der Waals surface area contributed by atoms with Crippen LogP contribution < -0.4 is 10.1 Å². The molecule has 0 aromatic heterocycles. The minimum Gasteiger partial charge on any atom is -0.504 e. The predicted molar refractivity (Wildman–Crippen MR) is 66.8 cm³/mol. The monoisotopic (exact) mass is 285 g/mol. The van der Waals surface area contributed by atoms with Gasteiger partial charge in [0, 0.05) is 17.1 Å². The highest BCUT2D eigenvalue weighted by Gasteiger charge is 2.31. The number of rotatable bonds is 4. The molecule has 0 amide bonds. The summed E-state index contributed by atoms with van der Waals surface area (Å²) in [4.78, 5) is 0. The fraction of sp³-hybridized carbons (Fsp3) is 0.500. The van der Waals surface area contributed by atoms with Gasteiger partial charge in [0.15, 0.2) is 11.5 Å². The zero-order valence-corrected chi connectivity index (χ0v) is 11.0. The van der Waals surface area contributed by atoms with Crippen LogP contribution in [0.1, 0.15) is 18.9 Å². The molecule has 2 rings (SSSR count). The maximum atomic E-state index is 9.57. The van der Waals surface area contributed by atoms with E-state index in [1.165, 1.54) is 6.42 Å². The normalized spacial score (nSPS) is 23.2. The summed E-state index contributed by atoms with van der Waals surface area (Å²) < 4.78 is 5.99. The largest absolute Gasteiger partial charge is 0.504 e. The molecule has 1 aliphatic rings. The zero-order valence-electron chi connectivity index (χ0n) is 9.46. The van der Waals surface area contributed by atoms with Gasteiger partial charge in [-0.2, -0.15) is 0 Å². The highest BCUT2D eigenvalue weighted by atomic mass is 79.9. The Morgan fingerprint density at radius 2 is 2.25 bits per heavy atom. The Morgan fingerprint density at radius 3 is 2.81 bits per heavy atom. The third-order valence-electron chi connectivity index (χ3n) is 3.01. The second kappa shape index (κ2) is 4.63. The quantitative estimate of drug-likeness (QED) is 0.894. The molecular formula is C12H16BrNO2. The first-order chi connectivity index (χ1) is 7.61. The maximum absolute atomic E-state index is 9.57. The first-order valence-corrected chi connectivity index (χ1v) is 6.20. The van der Waals surface area contributed by atoms with Crippen molar-refractivity contribution in [1.82, 2.24) is 5.32 Å². The van der Waals surface area contributed by atoms with Crippen molar-refractivity contribution in [2.75, 3.05) is 7.11 Å². The van der Waals surface area contributed by atoms with Gasteiger partial charge in [-0.3, -0.25) is 0 Å². The van der Waals surface area contributed by atoms with Gasteiger partial charge in [0.2, 0.25) is 0 Å². The summed E-state index contributed by atoms with van der Waals surface area (Å²) in [6, 6.07) is 4.18. The van der Waals surface area contributed by atoms with Crippen molar-refractivity contribution in [2.24, 2.45) is 5.92 Å². The molecule has 2 unspecified atom stereocenters.